The first-order chi connectivity index (χ1) is 11.5. The van der Waals surface area contributed by atoms with E-state index in [0.29, 0.717) is 34.2 Å². The van der Waals surface area contributed by atoms with Crippen molar-refractivity contribution in [3.8, 4) is 0 Å². The van der Waals surface area contributed by atoms with E-state index in [-0.39, 0.29) is 5.78 Å². The van der Waals surface area contributed by atoms with Crippen molar-refractivity contribution in [3.05, 3.63) is 58.0 Å². The topological polar surface area (TPSA) is 55.4 Å². The molecule has 4 nitrogen and oxygen atoms in total. The Bertz CT molecular complexity index is 747. The van der Waals surface area contributed by atoms with E-state index in [1.807, 2.05) is 42.5 Å². The molecule has 0 saturated heterocycles. The number of hydrogen-bond acceptors (Lipinski definition) is 5. The van der Waals surface area contributed by atoms with Crippen LogP contribution in [0.4, 0.5) is 5.00 Å². The van der Waals surface area contributed by atoms with Gasteiger partial charge in [-0.05, 0) is 31.9 Å². The number of thiophene rings is 1. The molecular weight excluding hydrogens is 322 g/mol. The third kappa shape index (κ3) is 4.32. The van der Waals surface area contributed by atoms with Crippen molar-refractivity contribution in [1.82, 2.24) is 0 Å². The van der Waals surface area contributed by atoms with Crippen molar-refractivity contribution in [2.75, 3.05) is 18.5 Å². The van der Waals surface area contributed by atoms with E-state index in [9.17, 15) is 9.59 Å². The van der Waals surface area contributed by atoms with Crippen molar-refractivity contribution in [2.24, 2.45) is 0 Å². The van der Waals surface area contributed by atoms with Gasteiger partial charge in [0.05, 0.1) is 17.0 Å². The zero-order valence-corrected chi connectivity index (χ0v) is 14.9. The highest BCUT2D eigenvalue weighted by Gasteiger charge is 2.23. The molecule has 1 heterocycles. The Hall–Kier alpha value is -2.40. The molecule has 0 spiro atoms. The standard InChI is InChI=1S/C19H21NO3S/c1-4-23-19(22)16-13(2)17(14(3)21)24-18(16)20-12-8-11-15-9-6-5-7-10-15/h5-11,20H,4,12H2,1-3H3/b11-8+. The first-order valence-corrected chi connectivity index (χ1v) is 8.63. The Labute approximate surface area is 146 Å². The lowest BCUT2D eigenvalue weighted by molar-refractivity contribution is 0.0527. The zero-order chi connectivity index (χ0) is 17.5. The lowest BCUT2D eigenvalue weighted by Crippen LogP contribution is -2.09. The van der Waals surface area contributed by atoms with Gasteiger partial charge in [0, 0.05) is 6.54 Å². The highest BCUT2D eigenvalue weighted by atomic mass is 32.1. The van der Waals surface area contributed by atoms with Crippen LogP contribution in [0.1, 0.15) is 45.0 Å². The smallest absolute Gasteiger partial charge is 0.341 e. The fourth-order valence-corrected chi connectivity index (χ4v) is 3.43. The van der Waals surface area contributed by atoms with Crippen LogP contribution in [-0.2, 0) is 4.74 Å². The van der Waals surface area contributed by atoms with E-state index in [0.717, 1.165) is 5.56 Å². The molecule has 2 rings (SSSR count). The van der Waals surface area contributed by atoms with Crippen molar-refractivity contribution < 1.29 is 14.3 Å². The summed E-state index contributed by atoms with van der Waals surface area (Å²) >= 11 is 1.30. The molecule has 0 atom stereocenters. The maximum atomic E-state index is 12.2. The van der Waals surface area contributed by atoms with Gasteiger partial charge in [-0.1, -0.05) is 42.5 Å². The Kier molecular flexibility index (Phi) is 6.32. The second-order valence-corrected chi connectivity index (χ2v) is 6.25. The molecule has 5 heteroatoms. The summed E-state index contributed by atoms with van der Waals surface area (Å²) in [6.45, 7) is 5.91. The van der Waals surface area contributed by atoms with Gasteiger partial charge in [0.2, 0.25) is 0 Å². The van der Waals surface area contributed by atoms with Crippen LogP contribution >= 0.6 is 11.3 Å². The maximum Gasteiger partial charge on any atom is 0.341 e. The van der Waals surface area contributed by atoms with E-state index in [2.05, 4.69) is 5.32 Å². The van der Waals surface area contributed by atoms with Gasteiger partial charge in [0.15, 0.2) is 5.78 Å². The SMILES string of the molecule is CCOC(=O)c1c(NC/C=C/c2ccccc2)sc(C(C)=O)c1C. The van der Waals surface area contributed by atoms with Crippen LogP contribution in [0.2, 0.25) is 0 Å². The molecule has 0 bridgehead atoms. The predicted octanol–water partition coefficient (Wildman–Crippen LogP) is 4.56. The van der Waals surface area contributed by atoms with E-state index in [1.54, 1.807) is 13.8 Å². The molecular formula is C19H21NO3S. The van der Waals surface area contributed by atoms with Gasteiger partial charge in [-0.3, -0.25) is 4.79 Å². The number of esters is 1. The quantitative estimate of drug-likeness (QED) is 0.591. The molecule has 1 aromatic heterocycles. The van der Waals surface area contributed by atoms with Gasteiger partial charge in [-0.15, -0.1) is 11.3 Å². The van der Waals surface area contributed by atoms with Crippen molar-refractivity contribution in [2.45, 2.75) is 20.8 Å². The summed E-state index contributed by atoms with van der Waals surface area (Å²) in [4.78, 5) is 24.5. The number of carbonyl (C=O) groups excluding carboxylic acids is 2. The number of carbonyl (C=O) groups is 2. The highest BCUT2D eigenvalue weighted by molar-refractivity contribution is 7.18. The Morgan fingerprint density at radius 2 is 1.96 bits per heavy atom. The molecule has 1 aromatic carbocycles. The Morgan fingerprint density at radius 1 is 1.25 bits per heavy atom. The lowest BCUT2D eigenvalue weighted by atomic mass is 10.1. The van der Waals surface area contributed by atoms with Gasteiger partial charge in [0.25, 0.3) is 0 Å². The summed E-state index contributed by atoms with van der Waals surface area (Å²) in [6.07, 6.45) is 3.98. The number of ether oxygens (including phenoxy) is 1. The average Bonchev–Trinajstić information content (AvgIpc) is 2.89. The van der Waals surface area contributed by atoms with Crippen LogP contribution in [-0.4, -0.2) is 24.9 Å². The summed E-state index contributed by atoms with van der Waals surface area (Å²) < 4.78 is 5.12. The lowest BCUT2D eigenvalue weighted by Gasteiger charge is -2.06. The van der Waals surface area contributed by atoms with E-state index in [1.165, 1.54) is 18.3 Å². The number of hydrogen-bond donors (Lipinski definition) is 1. The van der Waals surface area contributed by atoms with Crippen LogP contribution in [0.25, 0.3) is 6.08 Å². The molecule has 0 saturated carbocycles. The molecule has 126 valence electrons. The Balaban J connectivity index is 2.16. The normalized spacial score (nSPS) is 10.8. The largest absolute Gasteiger partial charge is 0.462 e. The molecule has 0 aliphatic rings. The third-order valence-corrected chi connectivity index (χ3v) is 4.79. The molecule has 0 radical (unpaired) electrons. The third-order valence-electron chi connectivity index (χ3n) is 3.44. The molecule has 0 unspecified atom stereocenters. The number of Topliss-reactive ketones (excluding diaryl/α,β-unsaturated/α-hetero) is 1. The number of rotatable bonds is 7. The summed E-state index contributed by atoms with van der Waals surface area (Å²) in [5.41, 5.74) is 2.25. The van der Waals surface area contributed by atoms with Gasteiger partial charge < -0.3 is 10.1 Å². The minimum Gasteiger partial charge on any atom is -0.462 e. The van der Waals surface area contributed by atoms with Crippen molar-refractivity contribution >= 4 is 34.2 Å². The molecule has 2 aromatic rings. The molecule has 1 N–H and O–H groups in total. The van der Waals surface area contributed by atoms with Crippen LogP contribution in [0.15, 0.2) is 36.4 Å². The van der Waals surface area contributed by atoms with Crippen LogP contribution < -0.4 is 5.32 Å². The highest BCUT2D eigenvalue weighted by Crippen LogP contribution is 2.33. The zero-order valence-electron chi connectivity index (χ0n) is 14.1. The molecule has 0 amide bonds. The first kappa shape index (κ1) is 17.9. The summed E-state index contributed by atoms with van der Waals surface area (Å²) in [5.74, 6) is -0.441. The van der Waals surface area contributed by atoms with Crippen LogP contribution in [0.3, 0.4) is 0 Å². The second kappa shape index (κ2) is 8.45. The summed E-state index contributed by atoms with van der Waals surface area (Å²) in [5, 5.41) is 3.89. The average molecular weight is 343 g/mol. The maximum absolute atomic E-state index is 12.2. The predicted molar refractivity (Wildman–Crippen MR) is 99.0 cm³/mol. The minimum atomic E-state index is -0.395. The van der Waals surface area contributed by atoms with Crippen molar-refractivity contribution in [1.29, 1.82) is 0 Å². The first-order valence-electron chi connectivity index (χ1n) is 7.81. The number of anilines is 1. The fraction of sp³-hybridized carbons (Fsp3) is 0.263. The van der Waals surface area contributed by atoms with Gasteiger partial charge in [-0.25, -0.2) is 4.79 Å². The van der Waals surface area contributed by atoms with E-state index >= 15 is 0 Å². The van der Waals surface area contributed by atoms with Gasteiger partial charge in [-0.2, -0.15) is 0 Å². The molecule has 0 fully saturated rings. The Morgan fingerprint density at radius 3 is 2.58 bits per heavy atom. The van der Waals surface area contributed by atoms with Crippen molar-refractivity contribution in [3.63, 3.8) is 0 Å². The van der Waals surface area contributed by atoms with Crippen LogP contribution in [0.5, 0.6) is 0 Å². The molecule has 0 aliphatic heterocycles. The monoisotopic (exact) mass is 343 g/mol. The van der Waals surface area contributed by atoms with Crippen LogP contribution in [0, 0.1) is 6.92 Å². The molecule has 24 heavy (non-hydrogen) atoms. The second-order valence-electron chi connectivity index (χ2n) is 5.23. The number of ketones is 1. The molecule has 0 aliphatic carbocycles. The summed E-state index contributed by atoms with van der Waals surface area (Å²) in [7, 11) is 0. The number of benzene rings is 1. The minimum absolute atomic E-state index is 0.0454. The summed E-state index contributed by atoms with van der Waals surface area (Å²) in [6, 6.07) is 9.97. The number of nitrogens with one attached hydrogen (secondary N) is 1. The van der Waals surface area contributed by atoms with Gasteiger partial charge in [0.1, 0.15) is 5.00 Å². The van der Waals surface area contributed by atoms with Gasteiger partial charge >= 0.3 is 5.97 Å². The fourth-order valence-electron chi connectivity index (χ4n) is 2.33. The van der Waals surface area contributed by atoms with E-state index < -0.39 is 5.97 Å². The van der Waals surface area contributed by atoms with E-state index in [4.69, 9.17) is 4.74 Å².